The molecule has 1 saturated carbocycles. The Bertz CT molecular complexity index is 1300. The van der Waals surface area contributed by atoms with Crippen LogP contribution in [-0.2, 0) is 19.6 Å². The number of nitrogens with zero attached hydrogens (tertiary/aromatic N) is 4. The number of thioether (sulfide) groups is 1. The molecular formula is C27H27F3N4O2S. The van der Waals surface area contributed by atoms with E-state index in [1.54, 1.807) is 0 Å². The lowest BCUT2D eigenvalue weighted by Crippen LogP contribution is -2.50. The lowest BCUT2D eigenvalue weighted by Gasteiger charge is -2.44. The van der Waals surface area contributed by atoms with Gasteiger partial charge in [-0.15, -0.1) is 0 Å². The highest BCUT2D eigenvalue weighted by molar-refractivity contribution is 7.98. The predicted molar refractivity (Wildman–Crippen MR) is 134 cm³/mol. The highest BCUT2D eigenvalue weighted by Crippen LogP contribution is 2.41. The summed E-state index contributed by atoms with van der Waals surface area (Å²) in [6.45, 7) is 1.38. The molecule has 37 heavy (non-hydrogen) atoms. The minimum Gasteiger partial charge on any atom is -0.465 e. The van der Waals surface area contributed by atoms with Crippen LogP contribution in [0.1, 0.15) is 47.6 Å². The van der Waals surface area contributed by atoms with Crippen molar-refractivity contribution in [2.24, 2.45) is 0 Å². The van der Waals surface area contributed by atoms with E-state index in [-0.39, 0.29) is 18.2 Å². The second kappa shape index (κ2) is 10.7. The van der Waals surface area contributed by atoms with Crippen molar-refractivity contribution < 1.29 is 23.1 Å². The third-order valence-corrected chi connectivity index (χ3v) is 7.99. The normalized spacial score (nSPS) is 21.6. The topological polar surface area (TPSA) is 69.6 Å². The van der Waals surface area contributed by atoms with Gasteiger partial charge >= 0.3 is 6.09 Å². The third kappa shape index (κ3) is 5.31. The van der Waals surface area contributed by atoms with E-state index in [0.717, 1.165) is 22.9 Å². The fraction of sp³-hybridized carbons (Fsp3) is 0.370. The van der Waals surface area contributed by atoms with E-state index in [1.807, 2.05) is 42.8 Å². The van der Waals surface area contributed by atoms with Gasteiger partial charge in [0.2, 0.25) is 0 Å². The number of hydrogen-bond donors (Lipinski definition) is 1. The highest BCUT2D eigenvalue weighted by Gasteiger charge is 2.41. The summed E-state index contributed by atoms with van der Waals surface area (Å²) in [4.78, 5) is 25.1. The Morgan fingerprint density at radius 1 is 1.11 bits per heavy atom. The van der Waals surface area contributed by atoms with Crippen LogP contribution >= 0.6 is 11.8 Å². The van der Waals surface area contributed by atoms with E-state index in [2.05, 4.69) is 14.9 Å². The molecule has 194 valence electrons. The van der Waals surface area contributed by atoms with Gasteiger partial charge in [0.25, 0.3) is 0 Å². The van der Waals surface area contributed by atoms with Crippen molar-refractivity contribution >= 4 is 17.9 Å². The van der Waals surface area contributed by atoms with Crippen molar-refractivity contribution in [2.45, 2.75) is 62.1 Å². The van der Waals surface area contributed by atoms with Crippen LogP contribution in [0.15, 0.2) is 53.8 Å². The average molecular weight is 529 g/mol. The summed E-state index contributed by atoms with van der Waals surface area (Å²) in [5.41, 5.74) is 2.82. The van der Waals surface area contributed by atoms with Crippen molar-refractivity contribution in [2.75, 3.05) is 6.26 Å². The van der Waals surface area contributed by atoms with Crippen LogP contribution in [0.25, 0.3) is 0 Å². The summed E-state index contributed by atoms with van der Waals surface area (Å²) in [5, 5.41) is 10.9. The van der Waals surface area contributed by atoms with Crippen LogP contribution in [-0.4, -0.2) is 49.3 Å². The zero-order valence-electron chi connectivity index (χ0n) is 20.3. The third-order valence-electron chi connectivity index (χ3n) is 7.43. The van der Waals surface area contributed by atoms with Crippen LogP contribution in [0, 0.1) is 17.5 Å². The SMILES string of the molecule is CSc1ncc2c(n1)CN([C@H]1CC[C@H](c3cc(F)c(F)cc3F)[C@@H](N(Cc3ccccc3)C(=O)O)C1)C2. The van der Waals surface area contributed by atoms with Gasteiger partial charge in [-0.2, -0.15) is 0 Å². The molecule has 1 aromatic heterocycles. The fourth-order valence-electron chi connectivity index (χ4n) is 5.61. The number of halogens is 3. The first-order chi connectivity index (χ1) is 17.8. The number of hydrogen-bond acceptors (Lipinski definition) is 5. The molecule has 10 heteroatoms. The zero-order chi connectivity index (χ0) is 26.1. The maximum Gasteiger partial charge on any atom is 0.407 e. The fourth-order valence-corrected chi connectivity index (χ4v) is 5.97. The first kappa shape index (κ1) is 25.5. The van der Waals surface area contributed by atoms with Gasteiger partial charge in [0, 0.05) is 55.5 Å². The van der Waals surface area contributed by atoms with E-state index in [4.69, 9.17) is 0 Å². The Kier molecular flexibility index (Phi) is 7.39. The molecule has 0 unspecified atom stereocenters. The number of aromatic nitrogens is 2. The number of rotatable bonds is 6. The minimum atomic E-state index is -1.26. The molecule has 2 aromatic carbocycles. The van der Waals surface area contributed by atoms with Crippen LogP contribution in [0.5, 0.6) is 0 Å². The standard InChI is InChI=1S/C27H27F3N4O2S/c1-37-26-31-12-17-14-33(15-24(17)32-26)18-7-8-19(20-10-22(29)23(30)11-21(20)28)25(9-18)34(27(35)36)13-16-5-3-2-4-6-16/h2-6,10-12,18-19,25H,7-9,13-15H2,1H3,(H,35,36)/t18-,19+,25-/m0/s1. The molecule has 0 spiro atoms. The van der Waals surface area contributed by atoms with Gasteiger partial charge in [-0.3, -0.25) is 4.90 Å². The molecule has 0 radical (unpaired) electrons. The molecule has 1 aliphatic carbocycles. The van der Waals surface area contributed by atoms with Crippen molar-refractivity contribution in [1.82, 2.24) is 19.8 Å². The van der Waals surface area contributed by atoms with Crippen molar-refractivity contribution in [3.63, 3.8) is 0 Å². The van der Waals surface area contributed by atoms with E-state index in [1.165, 1.54) is 16.7 Å². The Morgan fingerprint density at radius 2 is 1.86 bits per heavy atom. The van der Waals surface area contributed by atoms with Crippen LogP contribution < -0.4 is 0 Å². The Labute approximate surface area is 217 Å². The quantitative estimate of drug-likeness (QED) is 0.247. The molecule has 0 bridgehead atoms. The maximum atomic E-state index is 14.9. The number of carboxylic acid groups (broad SMARTS) is 1. The van der Waals surface area contributed by atoms with Crippen molar-refractivity contribution in [1.29, 1.82) is 0 Å². The highest BCUT2D eigenvalue weighted by atomic mass is 32.2. The Hall–Kier alpha value is -3.11. The maximum absolute atomic E-state index is 14.9. The lowest BCUT2D eigenvalue weighted by molar-refractivity contribution is 0.0596. The monoisotopic (exact) mass is 528 g/mol. The number of carbonyl (C=O) groups is 1. The van der Waals surface area contributed by atoms with Gasteiger partial charge in [-0.25, -0.2) is 27.9 Å². The molecule has 3 aromatic rings. The smallest absolute Gasteiger partial charge is 0.407 e. The largest absolute Gasteiger partial charge is 0.465 e. The Balaban J connectivity index is 1.46. The molecule has 2 heterocycles. The van der Waals surface area contributed by atoms with E-state index >= 15 is 0 Å². The second-order valence-electron chi connectivity index (χ2n) is 9.56. The molecule has 1 N–H and O–H groups in total. The van der Waals surface area contributed by atoms with E-state index in [9.17, 15) is 23.1 Å². The van der Waals surface area contributed by atoms with Gasteiger partial charge in [0.15, 0.2) is 16.8 Å². The molecule has 5 rings (SSSR count). The van der Waals surface area contributed by atoms with Gasteiger partial charge in [-0.1, -0.05) is 42.1 Å². The van der Waals surface area contributed by atoms with Crippen LogP contribution in [0.3, 0.4) is 0 Å². The molecule has 2 aliphatic rings. The minimum absolute atomic E-state index is 0.0131. The van der Waals surface area contributed by atoms with E-state index < -0.39 is 35.5 Å². The lowest BCUT2D eigenvalue weighted by atomic mass is 9.76. The van der Waals surface area contributed by atoms with E-state index in [0.29, 0.717) is 43.6 Å². The molecule has 6 nitrogen and oxygen atoms in total. The van der Waals surface area contributed by atoms with Crippen LogP contribution in [0.4, 0.5) is 18.0 Å². The van der Waals surface area contributed by atoms with Gasteiger partial charge in [0.05, 0.1) is 5.69 Å². The second-order valence-corrected chi connectivity index (χ2v) is 10.3. The summed E-state index contributed by atoms with van der Waals surface area (Å²) < 4.78 is 42.8. The molecular weight excluding hydrogens is 501 g/mol. The summed E-state index contributed by atoms with van der Waals surface area (Å²) >= 11 is 1.48. The van der Waals surface area contributed by atoms with Crippen molar-refractivity contribution in [3.8, 4) is 0 Å². The van der Waals surface area contributed by atoms with Crippen LogP contribution in [0.2, 0.25) is 0 Å². The van der Waals surface area contributed by atoms with Gasteiger partial charge in [0.1, 0.15) is 5.82 Å². The zero-order valence-corrected chi connectivity index (χ0v) is 21.1. The first-order valence-electron chi connectivity index (χ1n) is 12.1. The molecule has 1 aliphatic heterocycles. The number of fused-ring (bicyclic) bond motifs is 1. The summed E-state index contributed by atoms with van der Waals surface area (Å²) in [6.07, 6.45) is 4.15. The number of benzene rings is 2. The van der Waals surface area contributed by atoms with Gasteiger partial charge in [-0.05, 0) is 42.7 Å². The summed E-state index contributed by atoms with van der Waals surface area (Å²) in [5.74, 6) is -3.86. The van der Waals surface area contributed by atoms with Gasteiger partial charge < -0.3 is 10.0 Å². The molecule has 3 atom stereocenters. The first-order valence-corrected chi connectivity index (χ1v) is 13.4. The number of amides is 1. The average Bonchev–Trinajstić information content (AvgIpc) is 3.33. The predicted octanol–water partition coefficient (Wildman–Crippen LogP) is 5.82. The molecule has 0 saturated heterocycles. The molecule has 1 amide bonds. The van der Waals surface area contributed by atoms with Crippen molar-refractivity contribution in [3.05, 3.63) is 88.5 Å². The Morgan fingerprint density at radius 3 is 2.59 bits per heavy atom. The summed E-state index contributed by atoms with van der Waals surface area (Å²) in [6, 6.07) is 10.00. The summed E-state index contributed by atoms with van der Waals surface area (Å²) in [7, 11) is 0. The molecule has 1 fully saturated rings.